The molecule has 4 aromatic rings. The monoisotopic (exact) mass is 570 g/mol. The fourth-order valence-corrected chi connectivity index (χ4v) is 6.31. The summed E-state index contributed by atoms with van der Waals surface area (Å²) in [7, 11) is 0. The molecule has 3 aromatic carbocycles. The number of carbonyl (C=O) groups is 2. The Morgan fingerprint density at radius 2 is 1.83 bits per heavy atom. The molecule has 0 saturated carbocycles. The summed E-state index contributed by atoms with van der Waals surface area (Å²) < 4.78 is 18.0. The number of carbonyl (C=O) groups excluding carboxylic acids is 2. The average molecular weight is 571 g/mol. The smallest absolute Gasteiger partial charge is 0.301 e. The molecule has 2 unspecified atom stereocenters. The van der Waals surface area contributed by atoms with E-state index < -0.39 is 17.7 Å². The highest BCUT2D eigenvalue weighted by molar-refractivity contribution is 7.22. The molecule has 8 nitrogen and oxygen atoms in total. The Morgan fingerprint density at radius 1 is 1.05 bits per heavy atom. The van der Waals surface area contributed by atoms with Gasteiger partial charge < -0.3 is 19.3 Å². The molecule has 1 amide bonds. The minimum Gasteiger partial charge on any atom is -0.507 e. The number of thiazole rings is 1. The molecule has 0 bridgehead atoms. The highest BCUT2D eigenvalue weighted by Gasteiger charge is 2.48. The molecule has 2 atom stereocenters. The average Bonchev–Trinajstić information content (AvgIpc) is 3.64. The van der Waals surface area contributed by atoms with Crippen LogP contribution in [0.4, 0.5) is 5.13 Å². The van der Waals surface area contributed by atoms with Crippen LogP contribution in [0, 0.1) is 0 Å². The molecule has 210 valence electrons. The third kappa shape index (κ3) is 4.91. The lowest BCUT2D eigenvalue weighted by Gasteiger charge is -2.23. The zero-order valence-electron chi connectivity index (χ0n) is 23.0. The maximum absolute atomic E-state index is 13.6. The van der Waals surface area contributed by atoms with Crippen LogP contribution in [0.1, 0.15) is 49.9 Å². The number of hydrogen-bond acceptors (Lipinski definition) is 8. The summed E-state index contributed by atoms with van der Waals surface area (Å²) in [5.74, 6) is 0.400. The van der Waals surface area contributed by atoms with Gasteiger partial charge in [-0.15, -0.1) is 0 Å². The highest BCUT2D eigenvalue weighted by Crippen LogP contribution is 2.45. The van der Waals surface area contributed by atoms with Crippen LogP contribution in [0.15, 0.2) is 66.2 Å². The number of ether oxygens (including phenoxy) is 3. The normalized spacial score (nSPS) is 19.4. The van der Waals surface area contributed by atoms with Gasteiger partial charge in [0.15, 0.2) is 5.13 Å². The Balaban J connectivity index is 1.48. The number of rotatable bonds is 8. The number of aliphatic hydroxyl groups is 1. The van der Waals surface area contributed by atoms with Crippen LogP contribution in [0.25, 0.3) is 16.0 Å². The van der Waals surface area contributed by atoms with Crippen LogP contribution >= 0.6 is 11.3 Å². The van der Waals surface area contributed by atoms with Gasteiger partial charge in [0, 0.05) is 12.0 Å². The first kappa shape index (κ1) is 26.8. The summed E-state index contributed by atoms with van der Waals surface area (Å²) in [6.45, 7) is 7.03. The predicted octanol–water partition coefficient (Wildman–Crippen LogP) is 6.43. The van der Waals surface area contributed by atoms with Crippen molar-refractivity contribution >= 4 is 44.1 Å². The molecule has 1 fully saturated rings. The van der Waals surface area contributed by atoms with Gasteiger partial charge in [-0.05, 0) is 79.9 Å². The van der Waals surface area contributed by atoms with E-state index in [4.69, 9.17) is 19.2 Å². The van der Waals surface area contributed by atoms with Gasteiger partial charge in [0.25, 0.3) is 5.78 Å². The number of anilines is 1. The zero-order valence-corrected chi connectivity index (χ0v) is 23.9. The molecular weight excluding hydrogens is 540 g/mol. The van der Waals surface area contributed by atoms with E-state index in [1.807, 2.05) is 69.3 Å². The van der Waals surface area contributed by atoms with Crippen molar-refractivity contribution in [2.24, 2.45) is 0 Å². The van der Waals surface area contributed by atoms with Gasteiger partial charge in [-0.25, -0.2) is 4.98 Å². The lowest BCUT2D eigenvalue weighted by molar-refractivity contribution is -0.132. The van der Waals surface area contributed by atoms with Crippen LogP contribution in [0.5, 0.6) is 17.2 Å². The topological polar surface area (TPSA) is 98.2 Å². The fraction of sp³-hybridized carbons (Fsp3) is 0.281. The van der Waals surface area contributed by atoms with Crippen LogP contribution in [-0.4, -0.2) is 41.1 Å². The molecule has 9 heteroatoms. The van der Waals surface area contributed by atoms with Crippen LogP contribution < -0.4 is 19.1 Å². The number of ketones is 1. The molecule has 1 aromatic heterocycles. The molecule has 2 aliphatic heterocycles. The van der Waals surface area contributed by atoms with E-state index in [9.17, 15) is 14.7 Å². The van der Waals surface area contributed by atoms with Crippen molar-refractivity contribution in [3.63, 3.8) is 0 Å². The van der Waals surface area contributed by atoms with Crippen LogP contribution in [-0.2, 0) is 16.0 Å². The van der Waals surface area contributed by atoms with E-state index in [1.54, 1.807) is 12.1 Å². The molecule has 3 heterocycles. The van der Waals surface area contributed by atoms with Gasteiger partial charge in [-0.1, -0.05) is 30.4 Å². The first-order valence-corrected chi connectivity index (χ1v) is 14.6. The first-order valence-electron chi connectivity index (χ1n) is 13.7. The third-order valence-corrected chi connectivity index (χ3v) is 8.17. The number of nitrogens with zero attached hydrogens (tertiary/aromatic N) is 2. The molecule has 1 saturated heterocycles. The Kier molecular flexibility index (Phi) is 7.13. The number of amides is 1. The predicted molar refractivity (Wildman–Crippen MR) is 158 cm³/mol. The maximum atomic E-state index is 13.6. The van der Waals surface area contributed by atoms with Crippen molar-refractivity contribution < 1.29 is 28.9 Å². The Labute approximate surface area is 241 Å². The van der Waals surface area contributed by atoms with Crippen molar-refractivity contribution in [3.05, 3.63) is 82.9 Å². The zero-order chi connectivity index (χ0) is 28.7. The molecule has 0 aliphatic carbocycles. The summed E-state index contributed by atoms with van der Waals surface area (Å²) in [4.78, 5) is 33.4. The Morgan fingerprint density at radius 3 is 2.59 bits per heavy atom. The standard InChI is InChI=1S/C32H30N2O6S/c1-4-14-39-22-9-6-19(7-10-22)28-27(29(35)20-8-13-25-21(16-20)15-18(3)40-25)30(36)31(37)34(28)32-33-24-12-11-23(38-5-2)17-26(24)41-32/h6-13,16-18,28,35H,4-5,14-15H2,1-3H3. The summed E-state index contributed by atoms with van der Waals surface area (Å²) in [5.41, 5.74) is 2.75. The summed E-state index contributed by atoms with van der Waals surface area (Å²) in [5, 5.41) is 12.0. The fourth-order valence-electron chi connectivity index (χ4n) is 5.29. The lowest BCUT2D eigenvalue weighted by Crippen LogP contribution is -2.29. The molecule has 41 heavy (non-hydrogen) atoms. The lowest BCUT2D eigenvalue weighted by atomic mass is 9.94. The highest BCUT2D eigenvalue weighted by atomic mass is 32.1. The Hall–Kier alpha value is -4.37. The maximum Gasteiger partial charge on any atom is 0.301 e. The Bertz CT molecular complexity index is 1680. The second kappa shape index (κ2) is 10.9. The number of aromatic nitrogens is 1. The van der Waals surface area contributed by atoms with Gasteiger partial charge >= 0.3 is 5.91 Å². The van der Waals surface area contributed by atoms with E-state index in [1.165, 1.54) is 16.2 Å². The molecular formula is C32H30N2O6S. The van der Waals surface area contributed by atoms with Gasteiger partial charge in [0.05, 0.1) is 35.0 Å². The molecule has 0 spiro atoms. The SMILES string of the molecule is CCCOc1ccc(C2C(=C(O)c3ccc4c(c3)CC(C)O4)C(=O)C(=O)N2c2nc3ccc(OCC)cc3s2)cc1. The second-order valence-electron chi connectivity index (χ2n) is 10.1. The summed E-state index contributed by atoms with van der Waals surface area (Å²) >= 11 is 1.30. The van der Waals surface area contributed by atoms with Gasteiger partial charge in [-0.3, -0.25) is 14.5 Å². The summed E-state index contributed by atoms with van der Waals surface area (Å²) in [6, 6.07) is 17.2. The van der Waals surface area contributed by atoms with Crippen molar-refractivity contribution in [2.75, 3.05) is 18.1 Å². The number of benzene rings is 3. The number of Topliss-reactive ketones (excluding diaryl/α,β-unsaturated/α-hetero) is 1. The van der Waals surface area contributed by atoms with Gasteiger partial charge in [0.1, 0.15) is 29.1 Å². The molecule has 1 N–H and O–H groups in total. The number of hydrogen-bond donors (Lipinski definition) is 1. The van der Waals surface area contributed by atoms with E-state index in [0.717, 1.165) is 22.4 Å². The molecule has 0 radical (unpaired) electrons. The molecule has 6 rings (SSSR count). The van der Waals surface area contributed by atoms with Crippen molar-refractivity contribution in [1.82, 2.24) is 4.98 Å². The van der Waals surface area contributed by atoms with E-state index in [0.29, 0.717) is 52.9 Å². The quantitative estimate of drug-likeness (QED) is 0.148. The van der Waals surface area contributed by atoms with E-state index >= 15 is 0 Å². The molecule has 2 aliphatic rings. The number of aliphatic hydroxyl groups excluding tert-OH is 1. The van der Waals surface area contributed by atoms with Crippen molar-refractivity contribution in [3.8, 4) is 17.2 Å². The third-order valence-electron chi connectivity index (χ3n) is 7.15. The van der Waals surface area contributed by atoms with Gasteiger partial charge in [0.2, 0.25) is 0 Å². The van der Waals surface area contributed by atoms with E-state index in [2.05, 4.69) is 0 Å². The summed E-state index contributed by atoms with van der Waals surface area (Å²) in [6.07, 6.45) is 1.60. The van der Waals surface area contributed by atoms with Crippen molar-refractivity contribution in [2.45, 2.75) is 45.8 Å². The second-order valence-corrected chi connectivity index (χ2v) is 11.1. The van der Waals surface area contributed by atoms with Gasteiger partial charge in [-0.2, -0.15) is 0 Å². The van der Waals surface area contributed by atoms with Crippen LogP contribution in [0.3, 0.4) is 0 Å². The largest absolute Gasteiger partial charge is 0.507 e. The number of fused-ring (bicyclic) bond motifs is 2. The first-order chi connectivity index (χ1) is 19.9. The van der Waals surface area contributed by atoms with Crippen molar-refractivity contribution in [1.29, 1.82) is 0 Å². The van der Waals surface area contributed by atoms with Crippen LogP contribution in [0.2, 0.25) is 0 Å². The minimum absolute atomic E-state index is 0.0124. The minimum atomic E-state index is -0.884. The van der Waals surface area contributed by atoms with E-state index in [-0.39, 0.29) is 17.4 Å².